The quantitative estimate of drug-likeness (QED) is 0.654. The van der Waals surface area contributed by atoms with Crippen molar-refractivity contribution in [2.75, 3.05) is 0 Å². The molecule has 2 heterocycles. The van der Waals surface area contributed by atoms with Gasteiger partial charge in [-0.2, -0.15) is 0 Å². The summed E-state index contributed by atoms with van der Waals surface area (Å²) in [4.78, 5) is 9.20. The molecule has 4 heteroatoms. The molecule has 0 radical (unpaired) electrons. The first-order valence-electron chi connectivity index (χ1n) is 6.43. The third kappa shape index (κ3) is 1.29. The van der Waals surface area contributed by atoms with Crippen LogP contribution in [0.1, 0.15) is 36.6 Å². The average molecular weight is 238 g/mol. The Bertz CT molecular complexity index is 740. The zero-order valence-electron chi connectivity index (χ0n) is 10.3. The van der Waals surface area contributed by atoms with Crippen LogP contribution in [0.3, 0.4) is 0 Å². The number of aromatic nitrogens is 4. The Labute approximate surface area is 105 Å². The first-order valence-corrected chi connectivity index (χ1v) is 6.43. The first-order chi connectivity index (χ1) is 8.83. The molecule has 18 heavy (non-hydrogen) atoms. The minimum atomic E-state index is 0.560. The summed E-state index contributed by atoms with van der Waals surface area (Å²) in [5.74, 6) is 1.54. The Hall–Kier alpha value is -1.97. The van der Waals surface area contributed by atoms with Gasteiger partial charge in [-0.15, -0.1) is 5.10 Å². The summed E-state index contributed by atoms with van der Waals surface area (Å²) < 4.78 is 1.81. The van der Waals surface area contributed by atoms with Crippen LogP contribution in [0.25, 0.3) is 16.6 Å². The first kappa shape index (κ1) is 10.00. The third-order valence-electron chi connectivity index (χ3n) is 3.89. The van der Waals surface area contributed by atoms with E-state index in [1.807, 2.05) is 4.52 Å². The molecule has 3 aromatic rings. The predicted molar refractivity (Wildman–Crippen MR) is 69.6 cm³/mol. The van der Waals surface area contributed by atoms with Crippen LogP contribution in [-0.4, -0.2) is 19.6 Å². The van der Waals surface area contributed by atoms with Gasteiger partial charge in [0.2, 0.25) is 0 Å². The van der Waals surface area contributed by atoms with Crippen LogP contribution in [-0.2, 0) is 0 Å². The molecule has 4 rings (SSSR count). The van der Waals surface area contributed by atoms with E-state index < -0.39 is 0 Å². The molecule has 1 saturated carbocycles. The third-order valence-corrected chi connectivity index (χ3v) is 3.89. The second-order valence-electron chi connectivity index (χ2n) is 5.08. The molecule has 0 spiro atoms. The molecule has 1 aromatic carbocycles. The summed E-state index contributed by atoms with van der Waals surface area (Å²) in [6, 6.07) is 6.20. The number of aryl methyl sites for hydroxylation is 1. The van der Waals surface area contributed by atoms with E-state index in [1.54, 1.807) is 6.33 Å². The lowest BCUT2D eigenvalue weighted by molar-refractivity contribution is 0.401. The van der Waals surface area contributed by atoms with Gasteiger partial charge < -0.3 is 0 Å². The van der Waals surface area contributed by atoms with Gasteiger partial charge in [-0.25, -0.2) is 14.5 Å². The predicted octanol–water partition coefficient (Wildman–Crippen LogP) is 2.85. The van der Waals surface area contributed by atoms with Crippen molar-refractivity contribution in [2.24, 2.45) is 0 Å². The maximum Gasteiger partial charge on any atom is 0.166 e. The van der Waals surface area contributed by atoms with Crippen LogP contribution in [0.4, 0.5) is 0 Å². The number of rotatable bonds is 1. The molecule has 0 amide bonds. The molecule has 0 aliphatic heterocycles. The van der Waals surface area contributed by atoms with Gasteiger partial charge in [-0.1, -0.05) is 18.6 Å². The Morgan fingerprint density at radius 1 is 1.28 bits per heavy atom. The molecule has 0 atom stereocenters. The lowest BCUT2D eigenvalue weighted by Crippen LogP contribution is -2.10. The van der Waals surface area contributed by atoms with Crippen LogP contribution in [0.2, 0.25) is 0 Å². The second-order valence-corrected chi connectivity index (χ2v) is 5.08. The Balaban J connectivity index is 2.02. The minimum absolute atomic E-state index is 0.560. The van der Waals surface area contributed by atoms with Crippen molar-refractivity contribution in [3.8, 4) is 0 Å². The minimum Gasteiger partial charge on any atom is -0.236 e. The van der Waals surface area contributed by atoms with Crippen molar-refractivity contribution in [2.45, 2.75) is 32.1 Å². The molecular formula is C14H14N4. The maximum absolute atomic E-state index is 4.72. The zero-order valence-corrected chi connectivity index (χ0v) is 10.3. The van der Waals surface area contributed by atoms with E-state index in [1.165, 1.54) is 24.8 Å². The van der Waals surface area contributed by atoms with Crippen LogP contribution < -0.4 is 0 Å². The van der Waals surface area contributed by atoms with Gasteiger partial charge in [0.15, 0.2) is 11.5 Å². The molecule has 0 unspecified atom stereocenters. The molecule has 4 nitrogen and oxygen atoms in total. The highest BCUT2D eigenvalue weighted by atomic mass is 15.3. The summed E-state index contributed by atoms with van der Waals surface area (Å²) >= 11 is 0. The number of hydrogen-bond acceptors (Lipinski definition) is 3. The highest BCUT2D eigenvalue weighted by Crippen LogP contribution is 2.35. The van der Waals surface area contributed by atoms with Gasteiger partial charge in [-0.05, 0) is 31.4 Å². The molecule has 90 valence electrons. The van der Waals surface area contributed by atoms with E-state index in [0.717, 1.165) is 22.4 Å². The van der Waals surface area contributed by atoms with Gasteiger partial charge in [0.05, 0.1) is 5.52 Å². The van der Waals surface area contributed by atoms with Crippen molar-refractivity contribution in [3.05, 3.63) is 35.9 Å². The summed E-state index contributed by atoms with van der Waals surface area (Å²) in [5, 5.41) is 5.65. The van der Waals surface area contributed by atoms with Crippen molar-refractivity contribution >= 4 is 16.6 Å². The van der Waals surface area contributed by atoms with Gasteiger partial charge in [0.1, 0.15) is 6.33 Å². The van der Waals surface area contributed by atoms with Crippen molar-refractivity contribution in [1.82, 2.24) is 19.6 Å². The highest BCUT2D eigenvalue weighted by Gasteiger charge is 2.24. The second kappa shape index (κ2) is 3.51. The van der Waals surface area contributed by atoms with Crippen molar-refractivity contribution in [1.29, 1.82) is 0 Å². The number of para-hydroxylation sites is 1. The van der Waals surface area contributed by atoms with E-state index in [2.05, 4.69) is 35.2 Å². The number of hydrogen-bond donors (Lipinski definition) is 0. The Morgan fingerprint density at radius 3 is 2.94 bits per heavy atom. The molecule has 0 N–H and O–H groups in total. The van der Waals surface area contributed by atoms with Gasteiger partial charge in [0.25, 0.3) is 0 Å². The number of fused-ring (bicyclic) bond motifs is 3. The Kier molecular flexibility index (Phi) is 1.95. The van der Waals surface area contributed by atoms with Gasteiger partial charge in [0, 0.05) is 11.3 Å². The van der Waals surface area contributed by atoms with Crippen LogP contribution in [0, 0.1) is 6.92 Å². The monoisotopic (exact) mass is 238 g/mol. The van der Waals surface area contributed by atoms with E-state index in [9.17, 15) is 0 Å². The van der Waals surface area contributed by atoms with Crippen LogP contribution in [0.5, 0.6) is 0 Å². The molecular weight excluding hydrogens is 224 g/mol. The highest BCUT2D eigenvalue weighted by molar-refractivity contribution is 5.92. The normalized spacial score (nSPS) is 16.3. The zero-order chi connectivity index (χ0) is 12.1. The Morgan fingerprint density at radius 2 is 2.17 bits per heavy atom. The van der Waals surface area contributed by atoms with E-state index >= 15 is 0 Å². The fourth-order valence-corrected chi connectivity index (χ4v) is 2.57. The topological polar surface area (TPSA) is 43.1 Å². The van der Waals surface area contributed by atoms with Crippen LogP contribution >= 0.6 is 0 Å². The number of benzene rings is 1. The summed E-state index contributed by atoms with van der Waals surface area (Å²) in [5.41, 5.74) is 3.14. The van der Waals surface area contributed by atoms with Gasteiger partial charge in [-0.3, -0.25) is 0 Å². The molecule has 2 aromatic heterocycles. The molecule has 0 saturated heterocycles. The molecule has 0 bridgehead atoms. The smallest absolute Gasteiger partial charge is 0.166 e. The van der Waals surface area contributed by atoms with Crippen molar-refractivity contribution in [3.63, 3.8) is 0 Å². The van der Waals surface area contributed by atoms with Crippen LogP contribution in [0.15, 0.2) is 24.5 Å². The summed E-state index contributed by atoms with van der Waals surface area (Å²) in [7, 11) is 0. The standard InChI is InChI=1S/C14H14N4/c1-9-4-2-7-11-12(9)15-8-18-14(11)16-13(17-18)10-5-3-6-10/h2,4,7-8,10H,3,5-6H2,1H3. The fourth-order valence-electron chi connectivity index (χ4n) is 2.57. The van der Waals surface area contributed by atoms with Crippen molar-refractivity contribution < 1.29 is 0 Å². The lowest BCUT2D eigenvalue weighted by Gasteiger charge is -2.21. The average Bonchev–Trinajstić information content (AvgIpc) is 2.70. The molecule has 1 aliphatic rings. The largest absolute Gasteiger partial charge is 0.236 e. The van der Waals surface area contributed by atoms with E-state index in [-0.39, 0.29) is 0 Å². The maximum atomic E-state index is 4.72. The van der Waals surface area contributed by atoms with E-state index in [4.69, 9.17) is 4.98 Å². The summed E-state index contributed by atoms with van der Waals surface area (Å²) in [6.07, 6.45) is 5.53. The SMILES string of the molecule is Cc1cccc2c1ncn1nc(C3CCC3)nc21. The number of nitrogens with zero attached hydrogens (tertiary/aromatic N) is 4. The van der Waals surface area contributed by atoms with Gasteiger partial charge >= 0.3 is 0 Å². The fraction of sp³-hybridized carbons (Fsp3) is 0.357. The van der Waals surface area contributed by atoms with E-state index in [0.29, 0.717) is 5.92 Å². The lowest BCUT2D eigenvalue weighted by atomic mass is 9.85. The molecule has 1 aliphatic carbocycles. The molecule has 1 fully saturated rings. The summed E-state index contributed by atoms with van der Waals surface area (Å²) in [6.45, 7) is 2.08.